The normalized spacial score (nSPS) is 13.0. The molecule has 0 aromatic heterocycles. The first kappa shape index (κ1) is 29.8. The summed E-state index contributed by atoms with van der Waals surface area (Å²) >= 11 is 0. The van der Waals surface area contributed by atoms with Gasteiger partial charge >= 0.3 is 18.1 Å². The number of rotatable bonds is 11. The molecule has 2 rings (SSSR count). The predicted octanol–water partition coefficient (Wildman–Crippen LogP) is 1.46. The number of hydrogen-bond acceptors (Lipinski definition) is 10. The maximum atomic E-state index is 13.0. The number of nitrogens with two attached hydrogens (primary N) is 1. The molecular formula is C26H31N3O9. The van der Waals surface area contributed by atoms with Gasteiger partial charge in [0.1, 0.15) is 12.4 Å². The second-order valence-corrected chi connectivity index (χ2v) is 8.76. The van der Waals surface area contributed by atoms with Crippen molar-refractivity contribution < 1.29 is 43.3 Å². The van der Waals surface area contributed by atoms with Gasteiger partial charge in [-0.15, -0.1) is 0 Å². The third-order valence-corrected chi connectivity index (χ3v) is 5.13. The van der Waals surface area contributed by atoms with Gasteiger partial charge in [-0.25, -0.2) is 14.4 Å². The Morgan fingerprint density at radius 3 is 2.18 bits per heavy atom. The van der Waals surface area contributed by atoms with Crippen molar-refractivity contribution in [3.8, 4) is 5.75 Å². The lowest BCUT2D eigenvalue weighted by Crippen LogP contribution is -2.61. The van der Waals surface area contributed by atoms with Crippen LogP contribution < -0.4 is 16.4 Å². The molecule has 2 atom stereocenters. The van der Waals surface area contributed by atoms with Crippen LogP contribution in [0.1, 0.15) is 37.4 Å². The van der Waals surface area contributed by atoms with E-state index in [1.165, 1.54) is 31.3 Å². The number of esters is 2. The third kappa shape index (κ3) is 8.59. The lowest BCUT2D eigenvalue weighted by Gasteiger charge is -2.26. The van der Waals surface area contributed by atoms with Gasteiger partial charge in [0.2, 0.25) is 11.4 Å². The first-order valence-corrected chi connectivity index (χ1v) is 11.6. The van der Waals surface area contributed by atoms with Gasteiger partial charge in [-0.3, -0.25) is 9.59 Å². The third-order valence-electron chi connectivity index (χ3n) is 5.13. The van der Waals surface area contributed by atoms with Crippen LogP contribution in [0.25, 0.3) is 0 Å². The summed E-state index contributed by atoms with van der Waals surface area (Å²) in [6.07, 6.45) is -2.18. The molecule has 0 spiro atoms. The van der Waals surface area contributed by atoms with Crippen molar-refractivity contribution in [3.63, 3.8) is 0 Å². The summed E-state index contributed by atoms with van der Waals surface area (Å²) in [5, 5.41) is 14.1. The number of carbonyl (C=O) groups excluding carboxylic acids is 5. The average molecular weight is 530 g/mol. The first-order valence-electron chi connectivity index (χ1n) is 11.6. The zero-order chi connectivity index (χ0) is 28.3. The second-order valence-electron chi connectivity index (χ2n) is 8.76. The number of phenolic OH excluding ortho intramolecular Hbond substituents is 1. The van der Waals surface area contributed by atoms with Crippen molar-refractivity contribution in [2.24, 2.45) is 11.7 Å². The molecule has 12 nitrogen and oxygen atoms in total. The van der Waals surface area contributed by atoms with E-state index in [1.54, 1.807) is 44.2 Å². The summed E-state index contributed by atoms with van der Waals surface area (Å²) in [5.41, 5.74) is 4.37. The molecule has 0 bridgehead atoms. The van der Waals surface area contributed by atoms with E-state index in [-0.39, 0.29) is 30.4 Å². The van der Waals surface area contributed by atoms with Gasteiger partial charge in [0, 0.05) is 7.05 Å². The molecule has 204 valence electrons. The van der Waals surface area contributed by atoms with E-state index in [9.17, 15) is 29.1 Å². The van der Waals surface area contributed by atoms with Gasteiger partial charge in [0.05, 0.1) is 13.0 Å². The average Bonchev–Trinajstić information content (AvgIpc) is 2.89. The van der Waals surface area contributed by atoms with Gasteiger partial charge in [-0.1, -0.05) is 56.3 Å². The Morgan fingerprint density at radius 2 is 1.61 bits per heavy atom. The number of nitrogens with one attached hydrogen (secondary N) is 2. The molecular weight excluding hydrogens is 498 g/mol. The van der Waals surface area contributed by atoms with Gasteiger partial charge < -0.3 is 35.7 Å². The Morgan fingerprint density at radius 1 is 0.974 bits per heavy atom. The molecule has 0 heterocycles. The standard InChI is InChI=1S/C26H31N3O9/c1-16(2)14-37-25(35)38-22(32)21(18-9-11-19(30)12-10-18)29-20(31)13-26(27,23(33)28-3)24(34)36-15-17-7-5-4-6-8-17/h4-12,16,21,30H,13-15,27H2,1-3H3,(H,28,33)(H,29,31). The molecule has 0 aliphatic carbocycles. The Bertz CT molecular complexity index is 1140. The van der Waals surface area contributed by atoms with E-state index in [0.29, 0.717) is 5.56 Å². The van der Waals surface area contributed by atoms with Crippen molar-refractivity contribution in [2.75, 3.05) is 13.7 Å². The Labute approximate surface area is 219 Å². The van der Waals surface area contributed by atoms with Crippen molar-refractivity contribution in [1.82, 2.24) is 10.6 Å². The SMILES string of the molecule is CNC(=O)C(N)(CC(=O)NC(C(=O)OC(=O)OCC(C)C)c1ccc(O)cc1)C(=O)OCc1ccccc1. The number of benzene rings is 2. The van der Waals surface area contributed by atoms with Crippen LogP contribution >= 0.6 is 0 Å². The fourth-order valence-corrected chi connectivity index (χ4v) is 3.14. The van der Waals surface area contributed by atoms with Gasteiger partial charge in [-0.05, 0) is 29.2 Å². The Balaban J connectivity index is 2.20. The molecule has 38 heavy (non-hydrogen) atoms. The molecule has 5 N–H and O–H groups in total. The largest absolute Gasteiger partial charge is 0.516 e. The topological polar surface area (TPSA) is 183 Å². The minimum absolute atomic E-state index is 0.00470. The van der Waals surface area contributed by atoms with E-state index in [2.05, 4.69) is 10.6 Å². The minimum Gasteiger partial charge on any atom is -0.508 e. The van der Waals surface area contributed by atoms with Crippen molar-refractivity contribution in [3.05, 3.63) is 65.7 Å². The summed E-state index contributed by atoms with van der Waals surface area (Å²) in [4.78, 5) is 63.0. The molecule has 0 aliphatic rings. The monoisotopic (exact) mass is 529 g/mol. The number of phenols is 1. The lowest BCUT2D eigenvalue weighted by atomic mass is 9.94. The van der Waals surface area contributed by atoms with Crippen molar-refractivity contribution in [2.45, 2.75) is 38.5 Å². The van der Waals surface area contributed by atoms with E-state index in [4.69, 9.17) is 19.9 Å². The maximum absolute atomic E-state index is 13.0. The molecule has 0 radical (unpaired) electrons. The molecule has 2 unspecified atom stereocenters. The quantitative estimate of drug-likeness (QED) is 0.245. The minimum atomic E-state index is -2.44. The van der Waals surface area contributed by atoms with Crippen molar-refractivity contribution >= 4 is 29.9 Å². The van der Waals surface area contributed by atoms with Gasteiger partial charge in [-0.2, -0.15) is 0 Å². The number of aromatic hydroxyl groups is 1. The van der Waals surface area contributed by atoms with E-state index < -0.39 is 47.9 Å². The highest BCUT2D eigenvalue weighted by molar-refractivity contribution is 6.10. The fraction of sp³-hybridized carbons (Fsp3) is 0.346. The Kier molecular flexibility index (Phi) is 10.8. The summed E-state index contributed by atoms with van der Waals surface area (Å²) in [5.74, 6) is -4.51. The molecule has 0 saturated carbocycles. The summed E-state index contributed by atoms with van der Waals surface area (Å²) in [6.45, 7) is 3.36. The highest BCUT2D eigenvalue weighted by Crippen LogP contribution is 2.20. The Hall–Kier alpha value is -4.45. The van der Waals surface area contributed by atoms with E-state index >= 15 is 0 Å². The van der Waals surface area contributed by atoms with Crippen molar-refractivity contribution in [1.29, 1.82) is 0 Å². The molecule has 0 saturated heterocycles. The van der Waals surface area contributed by atoms with E-state index in [1.807, 2.05) is 0 Å². The number of ether oxygens (including phenoxy) is 3. The molecule has 2 aromatic rings. The summed E-state index contributed by atoms with van der Waals surface area (Å²) in [6, 6.07) is 12.2. The number of hydrogen-bond donors (Lipinski definition) is 4. The molecule has 12 heteroatoms. The highest BCUT2D eigenvalue weighted by atomic mass is 16.7. The fourth-order valence-electron chi connectivity index (χ4n) is 3.14. The highest BCUT2D eigenvalue weighted by Gasteiger charge is 2.46. The summed E-state index contributed by atoms with van der Waals surface area (Å²) < 4.78 is 14.7. The van der Waals surface area contributed by atoms with Crippen LogP contribution in [0.5, 0.6) is 5.75 Å². The first-order chi connectivity index (χ1) is 18.0. The predicted molar refractivity (Wildman–Crippen MR) is 133 cm³/mol. The molecule has 0 aliphatic heterocycles. The van der Waals surface area contributed by atoms with Crippen LogP contribution in [0.3, 0.4) is 0 Å². The molecule has 0 fully saturated rings. The van der Waals surface area contributed by atoms with Crippen LogP contribution in [0.2, 0.25) is 0 Å². The van der Waals surface area contributed by atoms with Crippen LogP contribution in [0, 0.1) is 5.92 Å². The lowest BCUT2D eigenvalue weighted by molar-refractivity contribution is -0.157. The summed E-state index contributed by atoms with van der Waals surface area (Å²) in [7, 11) is 1.23. The van der Waals surface area contributed by atoms with Crippen LogP contribution in [0.4, 0.5) is 4.79 Å². The van der Waals surface area contributed by atoms with Crippen LogP contribution in [-0.2, 0) is 40.0 Å². The van der Waals surface area contributed by atoms with Gasteiger partial charge in [0.25, 0.3) is 5.91 Å². The smallest absolute Gasteiger partial charge is 0.508 e. The van der Waals surface area contributed by atoms with Gasteiger partial charge in [0.15, 0.2) is 6.04 Å². The maximum Gasteiger partial charge on any atom is 0.516 e. The number of carbonyl (C=O) groups is 5. The van der Waals surface area contributed by atoms with Crippen LogP contribution in [-0.4, -0.2) is 54.2 Å². The van der Waals surface area contributed by atoms with E-state index in [0.717, 1.165) is 0 Å². The number of amides is 2. The molecule has 2 amide bonds. The zero-order valence-corrected chi connectivity index (χ0v) is 21.3. The van der Waals surface area contributed by atoms with Crippen LogP contribution in [0.15, 0.2) is 54.6 Å². The number of likely N-dealkylation sites (N-methyl/N-ethyl adjacent to an activating group) is 1. The zero-order valence-electron chi connectivity index (χ0n) is 21.3. The second kappa shape index (κ2) is 13.7. The molecule has 2 aromatic carbocycles.